The van der Waals surface area contributed by atoms with Crippen LogP contribution in [-0.2, 0) is 4.79 Å². The van der Waals surface area contributed by atoms with Crippen LogP contribution >= 0.6 is 27.5 Å². The molecule has 0 aliphatic heterocycles. The normalized spacial score (nSPS) is 14.4. The van der Waals surface area contributed by atoms with Gasteiger partial charge >= 0.3 is 5.97 Å². The summed E-state index contributed by atoms with van der Waals surface area (Å²) in [5.74, 6) is -1.77. The van der Waals surface area contributed by atoms with Crippen LogP contribution in [0.5, 0.6) is 0 Å². The Hall–Kier alpha value is -0.580. The van der Waals surface area contributed by atoms with Crippen LogP contribution in [0.1, 0.15) is 31.4 Å². The maximum absolute atomic E-state index is 11.1. The second kappa shape index (κ2) is 6.38. The van der Waals surface area contributed by atoms with Crippen molar-refractivity contribution in [2.45, 2.75) is 25.9 Å². The molecule has 2 unspecified atom stereocenters. The molecule has 0 aliphatic carbocycles. The summed E-state index contributed by atoms with van der Waals surface area (Å²) >= 11 is 9.09. The predicted octanol–water partition coefficient (Wildman–Crippen LogP) is 3.64. The van der Waals surface area contributed by atoms with Gasteiger partial charge in [-0.1, -0.05) is 31.0 Å². The molecule has 1 rings (SSSR count). The molecule has 2 atom stereocenters. The fourth-order valence-corrected chi connectivity index (χ4v) is 2.17. The van der Waals surface area contributed by atoms with Gasteiger partial charge in [0.05, 0.1) is 17.0 Å². The van der Waals surface area contributed by atoms with Crippen LogP contribution in [0.15, 0.2) is 22.7 Å². The van der Waals surface area contributed by atoms with Crippen LogP contribution in [0.2, 0.25) is 5.02 Å². The quantitative estimate of drug-likeness (QED) is 0.870. The molecule has 0 aliphatic rings. The monoisotopic (exact) mass is 320 g/mol. The minimum Gasteiger partial charge on any atom is -0.481 e. The summed E-state index contributed by atoms with van der Waals surface area (Å²) < 4.78 is 0.649. The highest BCUT2D eigenvalue weighted by Crippen LogP contribution is 2.31. The molecule has 0 saturated carbocycles. The average molecular weight is 322 g/mol. The zero-order chi connectivity index (χ0) is 13.0. The Morgan fingerprint density at radius 3 is 2.65 bits per heavy atom. The first-order chi connectivity index (χ1) is 7.97. The number of aliphatic hydroxyl groups is 1. The smallest absolute Gasteiger partial charge is 0.309 e. The summed E-state index contributed by atoms with van der Waals surface area (Å²) in [4.78, 5) is 11.1. The lowest BCUT2D eigenvalue weighted by Crippen LogP contribution is -2.21. The maximum atomic E-state index is 11.1. The minimum atomic E-state index is -1.01. The van der Waals surface area contributed by atoms with Crippen molar-refractivity contribution in [3.8, 4) is 0 Å². The molecule has 3 nitrogen and oxygen atoms in total. The van der Waals surface area contributed by atoms with Gasteiger partial charge in [0.1, 0.15) is 0 Å². The summed E-state index contributed by atoms with van der Waals surface area (Å²) in [6.07, 6.45) is 0.139. The Bertz CT molecular complexity index is 409. The Kier molecular flexibility index (Phi) is 5.43. The number of carboxylic acid groups (broad SMARTS) is 1. The van der Waals surface area contributed by atoms with Crippen molar-refractivity contribution in [3.63, 3.8) is 0 Å². The van der Waals surface area contributed by atoms with E-state index in [4.69, 9.17) is 16.7 Å². The first kappa shape index (κ1) is 14.5. The summed E-state index contributed by atoms with van der Waals surface area (Å²) in [5, 5.41) is 19.6. The molecular formula is C12H14BrClO3. The second-order valence-corrected chi connectivity index (χ2v) is 5.11. The third-order valence-electron chi connectivity index (χ3n) is 2.58. The lowest BCUT2D eigenvalue weighted by molar-refractivity contribution is -0.146. The van der Waals surface area contributed by atoms with Gasteiger partial charge in [0.25, 0.3) is 0 Å². The van der Waals surface area contributed by atoms with Gasteiger partial charge in [0, 0.05) is 4.47 Å². The molecule has 17 heavy (non-hydrogen) atoms. The molecule has 2 N–H and O–H groups in total. The van der Waals surface area contributed by atoms with E-state index in [-0.39, 0.29) is 0 Å². The van der Waals surface area contributed by atoms with E-state index in [1.54, 1.807) is 18.2 Å². The van der Waals surface area contributed by atoms with Gasteiger partial charge in [0.15, 0.2) is 0 Å². The van der Waals surface area contributed by atoms with E-state index in [1.165, 1.54) is 0 Å². The molecule has 0 amide bonds. The van der Waals surface area contributed by atoms with Crippen LogP contribution in [-0.4, -0.2) is 16.2 Å². The number of aliphatic hydroxyl groups excluding tert-OH is 1. The van der Waals surface area contributed by atoms with Gasteiger partial charge in [-0.05, 0) is 40.0 Å². The average Bonchev–Trinajstić information content (AvgIpc) is 2.28. The Balaban J connectivity index is 2.96. The SMILES string of the molecule is CCCC(C(=O)O)C(O)c1ccc(Cl)c(Br)c1. The maximum Gasteiger partial charge on any atom is 0.309 e. The number of halogens is 2. The van der Waals surface area contributed by atoms with Crippen LogP contribution in [0, 0.1) is 5.92 Å². The standard InChI is InChI=1S/C12H14BrClO3/c1-2-3-8(12(16)17)11(15)7-4-5-10(14)9(13)6-7/h4-6,8,11,15H,2-3H2,1H3,(H,16,17). The molecule has 0 aromatic heterocycles. The van der Waals surface area contributed by atoms with Crippen LogP contribution in [0.4, 0.5) is 0 Å². The number of hydrogen-bond acceptors (Lipinski definition) is 2. The van der Waals surface area contributed by atoms with E-state index in [0.717, 1.165) is 0 Å². The molecular weight excluding hydrogens is 307 g/mol. The van der Waals surface area contributed by atoms with E-state index in [0.29, 0.717) is 27.9 Å². The van der Waals surface area contributed by atoms with Crippen LogP contribution in [0.3, 0.4) is 0 Å². The van der Waals surface area contributed by atoms with Gasteiger partial charge in [-0.25, -0.2) is 0 Å². The Labute approximate surface area is 114 Å². The molecule has 1 aromatic rings. The molecule has 5 heteroatoms. The summed E-state index contributed by atoms with van der Waals surface area (Å²) in [6, 6.07) is 4.93. The molecule has 94 valence electrons. The van der Waals surface area contributed by atoms with Crippen molar-refractivity contribution in [2.24, 2.45) is 5.92 Å². The third-order valence-corrected chi connectivity index (χ3v) is 3.80. The fourth-order valence-electron chi connectivity index (χ4n) is 1.66. The first-order valence-corrected chi connectivity index (χ1v) is 6.50. The Morgan fingerprint density at radius 2 is 2.18 bits per heavy atom. The molecule has 0 radical (unpaired) electrons. The topological polar surface area (TPSA) is 57.5 Å². The van der Waals surface area contributed by atoms with Crippen molar-refractivity contribution < 1.29 is 15.0 Å². The largest absolute Gasteiger partial charge is 0.481 e. The number of benzene rings is 1. The lowest BCUT2D eigenvalue weighted by Gasteiger charge is -2.19. The van der Waals surface area contributed by atoms with Crippen molar-refractivity contribution in [3.05, 3.63) is 33.3 Å². The number of carboxylic acids is 1. The molecule has 0 fully saturated rings. The zero-order valence-electron chi connectivity index (χ0n) is 9.36. The van der Waals surface area contributed by atoms with Gasteiger partial charge in [0.2, 0.25) is 0 Å². The third kappa shape index (κ3) is 3.69. The van der Waals surface area contributed by atoms with Crippen LogP contribution < -0.4 is 0 Å². The summed E-state index contributed by atoms with van der Waals surface area (Å²) in [6.45, 7) is 1.89. The van der Waals surface area contributed by atoms with Crippen molar-refractivity contribution in [2.75, 3.05) is 0 Å². The van der Waals surface area contributed by atoms with Crippen molar-refractivity contribution in [1.82, 2.24) is 0 Å². The summed E-state index contributed by atoms with van der Waals surface area (Å²) in [7, 11) is 0. The lowest BCUT2D eigenvalue weighted by atomic mass is 9.92. The van der Waals surface area contributed by atoms with Gasteiger partial charge in [-0.15, -0.1) is 0 Å². The predicted molar refractivity (Wildman–Crippen MR) is 70.1 cm³/mol. The number of hydrogen-bond donors (Lipinski definition) is 2. The van der Waals surface area contributed by atoms with Crippen LogP contribution in [0.25, 0.3) is 0 Å². The molecule has 0 bridgehead atoms. The molecule has 0 heterocycles. The van der Waals surface area contributed by atoms with E-state index < -0.39 is 18.0 Å². The van der Waals surface area contributed by atoms with E-state index >= 15 is 0 Å². The number of carbonyl (C=O) groups is 1. The van der Waals surface area contributed by atoms with Crippen molar-refractivity contribution >= 4 is 33.5 Å². The zero-order valence-corrected chi connectivity index (χ0v) is 11.7. The molecule has 0 saturated heterocycles. The fraction of sp³-hybridized carbons (Fsp3) is 0.417. The van der Waals surface area contributed by atoms with Gasteiger partial charge in [-0.3, -0.25) is 4.79 Å². The number of aliphatic carboxylic acids is 1. The highest BCUT2D eigenvalue weighted by Gasteiger charge is 2.27. The summed E-state index contributed by atoms with van der Waals surface area (Å²) in [5.41, 5.74) is 0.558. The first-order valence-electron chi connectivity index (χ1n) is 5.33. The van der Waals surface area contributed by atoms with Gasteiger partial charge < -0.3 is 10.2 Å². The number of rotatable bonds is 5. The molecule has 0 spiro atoms. The highest BCUT2D eigenvalue weighted by atomic mass is 79.9. The minimum absolute atomic E-state index is 0.441. The van der Waals surface area contributed by atoms with E-state index in [2.05, 4.69) is 15.9 Å². The van der Waals surface area contributed by atoms with E-state index in [1.807, 2.05) is 6.92 Å². The van der Waals surface area contributed by atoms with Gasteiger partial charge in [-0.2, -0.15) is 0 Å². The second-order valence-electron chi connectivity index (χ2n) is 3.85. The highest BCUT2D eigenvalue weighted by molar-refractivity contribution is 9.10. The van der Waals surface area contributed by atoms with E-state index in [9.17, 15) is 9.90 Å². The van der Waals surface area contributed by atoms with Crippen molar-refractivity contribution in [1.29, 1.82) is 0 Å². The Morgan fingerprint density at radius 1 is 1.53 bits per heavy atom. The molecule has 1 aromatic carbocycles.